The molecule has 0 radical (unpaired) electrons. The van der Waals surface area contributed by atoms with Crippen molar-refractivity contribution in [2.45, 2.75) is 32.9 Å². The van der Waals surface area contributed by atoms with E-state index in [4.69, 9.17) is 4.74 Å². The highest BCUT2D eigenvalue weighted by molar-refractivity contribution is 5.73. The van der Waals surface area contributed by atoms with Crippen molar-refractivity contribution in [1.82, 2.24) is 9.80 Å². The number of esters is 1. The predicted octanol–water partition coefficient (Wildman–Crippen LogP) is 1.75. The van der Waals surface area contributed by atoms with Crippen LogP contribution in [0.1, 0.15) is 26.3 Å². The molecule has 1 aromatic rings. The van der Waals surface area contributed by atoms with Gasteiger partial charge >= 0.3 is 5.97 Å². The number of aliphatic hydroxyl groups excluding tert-OH is 1. The topological polar surface area (TPSA) is 53.0 Å². The molecule has 1 aliphatic rings. The van der Waals surface area contributed by atoms with Crippen LogP contribution in [0.2, 0.25) is 0 Å². The van der Waals surface area contributed by atoms with Crippen LogP contribution in [0.25, 0.3) is 0 Å². The molecule has 1 fully saturated rings. The summed E-state index contributed by atoms with van der Waals surface area (Å²) in [5.41, 5.74) is 0.812. The maximum Gasteiger partial charge on any atom is 0.313 e. The zero-order valence-electron chi connectivity index (χ0n) is 15.1. The molecule has 0 unspecified atom stereocenters. The maximum absolute atomic E-state index is 12.1. The van der Waals surface area contributed by atoms with Crippen molar-refractivity contribution in [3.8, 4) is 0 Å². The van der Waals surface area contributed by atoms with Crippen LogP contribution in [0, 0.1) is 5.92 Å². The lowest BCUT2D eigenvalue weighted by molar-refractivity contribution is -0.162. The Morgan fingerprint density at radius 3 is 2.25 bits per heavy atom. The first-order chi connectivity index (χ1) is 11.4. The lowest BCUT2D eigenvalue weighted by Crippen LogP contribution is -2.49. The van der Waals surface area contributed by atoms with Gasteiger partial charge in [-0.2, -0.15) is 0 Å². The summed E-state index contributed by atoms with van der Waals surface area (Å²) in [7, 11) is 0. The Morgan fingerprint density at radius 1 is 1.12 bits per heavy atom. The largest absolute Gasteiger partial charge is 0.460 e. The van der Waals surface area contributed by atoms with Crippen molar-refractivity contribution >= 4 is 5.97 Å². The lowest BCUT2D eigenvalue weighted by atomic mass is 10.1. The Balaban J connectivity index is 1.78. The summed E-state index contributed by atoms with van der Waals surface area (Å²) in [5.74, 6) is -0.776. The Labute approximate surface area is 145 Å². The van der Waals surface area contributed by atoms with Gasteiger partial charge in [-0.25, -0.2) is 0 Å². The summed E-state index contributed by atoms with van der Waals surface area (Å²) < 4.78 is 5.40. The summed E-state index contributed by atoms with van der Waals surface area (Å²) in [5, 5.41) is 9.53. The SMILES string of the molecule is CC(C)(C)OC(=O)[C@@H](CO)CN1CCN(Cc2ccccc2)CC1. The van der Waals surface area contributed by atoms with E-state index in [1.54, 1.807) is 0 Å². The summed E-state index contributed by atoms with van der Waals surface area (Å²) in [4.78, 5) is 16.8. The van der Waals surface area contributed by atoms with Gasteiger partial charge in [-0.1, -0.05) is 30.3 Å². The van der Waals surface area contributed by atoms with Gasteiger partial charge in [-0.15, -0.1) is 0 Å². The Kier molecular flexibility index (Phi) is 6.78. The molecule has 5 heteroatoms. The number of benzene rings is 1. The van der Waals surface area contributed by atoms with E-state index in [2.05, 4.69) is 34.1 Å². The third-order valence-corrected chi connectivity index (χ3v) is 4.15. The fourth-order valence-corrected chi connectivity index (χ4v) is 2.88. The van der Waals surface area contributed by atoms with Crippen LogP contribution >= 0.6 is 0 Å². The van der Waals surface area contributed by atoms with Crippen LogP contribution in [0.5, 0.6) is 0 Å². The van der Waals surface area contributed by atoms with Gasteiger partial charge in [0, 0.05) is 39.3 Å². The van der Waals surface area contributed by atoms with E-state index in [9.17, 15) is 9.90 Å². The van der Waals surface area contributed by atoms with Crippen LogP contribution in [0.3, 0.4) is 0 Å². The summed E-state index contributed by atoms with van der Waals surface area (Å²) in [6.45, 7) is 10.7. The number of rotatable bonds is 6. The zero-order valence-corrected chi connectivity index (χ0v) is 15.1. The molecule has 0 spiro atoms. The van der Waals surface area contributed by atoms with Crippen LogP contribution in [0.15, 0.2) is 30.3 Å². The third-order valence-electron chi connectivity index (χ3n) is 4.15. The Bertz CT molecular complexity index is 505. The normalized spacial score (nSPS) is 18.3. The second kappa shape index (κ2) is 8.60. The number of carbonyl (C=O) groups is 1. The fraction of sp³-hybridized carbons (Fsp3) is 0.632. The minimum absolute atomic E-state index is 0.168. The smallest absolute Gasteiger partial charge is 0.313 e. The maximum atomic E-state index is 12.1. The highest BCUT2D eigenvalue weighted by Crippen LogP contribution is 2.14. The quantitative estimate of drug-likeness (QED) is 0.804. The molecule has 0 aromatic heterocycles. The van der Waals surface area contributed by atoms with Gasteiger partial charge in [0.25, 0.3) is 0 Å². The molecule has 134 valence electrons. The third kappa shape index (κ3) is 6.23. The van der Waals surface area contributed by atoms with Crippen molar-refractivity contribution in [2.75, 3.05) is 39.3 Å². The first kappa shape index (κ1) is 18.9. The van der Waals surface area contributed by atoms with E-state index < -0.39 is 11.5 Å². The molecule has 0 amide bonds. The van der Waals surface area contributed by atoms with Gasteiger partial charge in [0.2, 0.25) is 0 Å². The van der Waals surface area contributed by atoms with E-state index in [1.165, 1.54) is 5.56 Å². The average Bonchev–Trinajstić information content (AvgIpc) is 2.53. The average molecular weight is 334 g/mol. The molecule has 1 heterocycles. The van der Waals surface area contributed by atoms with Gasteiger partial charge in [0.1, 0.15) is 5.60 Å². The van der Waals surface area contributed by atoms with E-state index in [0.717, 1.165) is 32.7 Å². The van der Waals surface area contributed by atoms with E-state index in [-0.39, 0.29) is 12.6 Å². The second-order valence-electron chi connectivity index (χ2n) is 7.48. The van der Waals surface area contributed by atoms with Gasteiger partial charge in [-0.3, -0.25) is 14.6 Å². The molecule has 24 heavy (non-hydrogen) atoms. The zero-order chi connectivity index (χ0) is 17.6. The predicted molar refractivity (Wildman–Crippen MR) is 94.6 cm³/mol. The summed E-state index contributed by atoms with van der Waals surface area (Å²) in [6, 6.07) is 10.5. The Hall–Kier alpha value is -1.43. The van der Waals surface area contributed by atoms with Gasteiger partial charge in [0.15, 0.2) is 0 Å². The number of hydrogen-bond donors (Lipinski definition) is 1. The minimum Gasteiger partial charge on any atom is -0.460 e. The molecule has 1 saturated heterocycles. The van der Waals surface area contributed by atoms with Crippen molar-refractivity contribution in [3.63, 3.8) is 0 Å². The van der Waals surface area contributed by atoms with Crippen molar-refractivity contribution in [3.05, 3.63) is 35.9 Å². The van der Waals surface area contributed by atoms with Crippen molar-refractivity contribution < 1.29 is 14.6 Å². The first-order valence-electron chi connectivity index (χ1n) is 8.70. The molecule has 0 aliphatic carbocycles. The van der Waals surface area contributed by atoms with Crippen molar-refractivity contribution in [1.29, 1.82) is 0 Å². The monoisotopic (exact) mass is 334 g/mol. The van der Waals surface area contributed by atoms with E-state index >= 15 is 0 Å². The molecule has 5 nitrogen and oxygen atoms in total. The molecule has 0 bridgehead atoms. The Morgan fingerprint density at radius 2 is 1.71 bits per heavy atom. The van der Waals surface area contributed by atoms with Crippen LogP contribution in [-0.2, 0) is 16.1 Å². The van der Waals surface area contributed by atoms with Gasteiger partial charge in [0.05, 0.1) is 12.5 Å². The number of nitrogens with zero attached hydrogens (tertiary/aromatic N) is 2. The van der Waals surface area contributed by atoms with E-state index in [1.807, 2.05) is 26.8 Å². The van der Waals surface area contributed by atoms with Crippen molar-refractivity contribution in [2.24, 2.45) is 5.92 Å². The fourth-order valence-electron chi connectivity index (χ4n) is 2.88. The highest BCUT2D eigenvalue weighted by Gasteiger charge is 2.28. The minimum atomic E-state index is -0.515. The number of piperazine rings is 1. The highest BCUT2D eigenvalue weighted by atomic mass is 16.6. The molecule has 1 aromatic carbocycles. The molecule has 0 saturated carbocycles. The molecule has 1 atom stereocenters. The number of carbonyl (C=O) groups excluding carboxylic acids is 1. The first-order valence-corrected chi connectivity index (χ1v) is 8.70. The molecular formula is C19H30N2O3. The van der Waals surface area contributed by atoms with Crippen LogP contribution in [0.4, 0.5) is 0 Å². The summed E-state index contributed by atoms with van der Waals surface area (Å²) >= 11 is 0. The van der Waals surface area contributed by atoms with E-state index in [0.29, 0.717) is 6.54 Å². The van der Waals surface area contributed by atoms with Gasteiger partial charge < -0.3 is 9.84 Å². The standard InChI is InChI=1S/C19H30N2O3/c1-19(2,3)24-18(23)17(15-22)14-21-11-9-20(10-12-21)13-16-7-5-4-6-8-16/h4-8,17,22H,9-15H2,1-3H3/t17-/m1/s1. The lowest BCUT2D eigenvalue weighted by Gasteiger charge is -2.36. The summed E-state index contributed by atoms with van der Waals surface area (Å²) in [6.07, 6.45) is 0. The number of ether oxygens (including phenoxy) is 1. The molecular weight excluding hydrogens is 304 g/mol. The number of hydrogen-bond acceptors (Lipinski definition) is 5. The van der Waals surface area contributed by atoms with Gasteiger partial charge in [-0.05, 0) is 26.3 Å². The molecule has 2 rings (SSSR count). The molecule has 1 aliphatic heterocycles. The van der Waals surface area contributed by atoms with Crippen LogP contribution < -0.4 is 0 Å². The number of aliphatic hydroxyl groups is 1. The molecule has 1 N–H and O–H groups in total. The second-order valence-corrected chi connectivity index (χ2v) is 7.48. The van der Waals surface area contributed by atoms with Crippen LogP contribution in [-0.4, -0.2) is 65.8 Å².